The summed E-state index contributed by atoms with van der Waals surface area (Å²) in [6, 6.07) is 3.57. The third-order valence-corrected chi connectivity index (χ3v) is 6.41. The Morgan fingerprint density at radius 1 is 1.32 bits per heavy atom. The number of ether oxygens (including phenoxy) is 1. The molecule has 1 atom stereocenters. The number of methoxy groups -OCH3 is 1. The zero-order valence-electron chi connectivity index (χ0n) is 13.8. The maximum Gasteiger partial charge on any atom is 0.243 e. The van der Waals surface area contributed by atoms with E-state index in [-0.39, 0.29) is 0 Å². The van der Waals surface area contributed by atoms with E-state index < -0.39 is 10.0 Å². The number of hydrogen-bond acceptors (Lipinski definition) is 4. The maximum absolute atomic E-state index is 13.0. The average molecular weight is 326 g/mol. The molecule has 0 spiro atoms. The Kier molecular flexibility index (Phi) is 5.47. The minimum Gasteiger partial charge on any atom is -0.497 e. The highest BCUT2D eigenvalue weighted by atomic mass is 32.2. The number of hydrogen-bond donors (Lipinski definition) is 1. The predicted molar refractivity (Wildman–Crippen MR) is 87.9 cm³/mol. The summed E-state index contributed by atoms with van der Waals surface area (Å²) in [5, 5.41) is 3.15. The maximum atomic E-state index is 13.0. The minimum atomic E-state index is -3.45. The zero-order valence-corrected chi connectivity index (χ0v) is 14.7. The molecule has 0 unspecified atom stereocenters. The first-order valence-corrected chi connectivity index (χ1v) is 9.14. The fourth-order valence-corrected chi connectivity index (χ4v) is 5.23. The van der Waals surface area contributed by atoms with Gasteiger partial charge >= 0.3 is 0 Å². The van der Waals surface area contributed by atoms with Gasteiger partial charge in [-0.05, 0) is 69.5 Å². The van der Waals surface area contributed by atoms with Crippen molar-refractivity contribution < 1.29 is 13.2 Å². The van der Waals surface area contributed by atoms with Crippen molar-refractivity contribution in [1.82, 2.24) is 9.62 Å². The Hall–Kier alpha value is -1.11. The van der Waals surface area contributed by atoms with E-state index in [0.717, 1.165) is 30.5 Å². The van der Waals surface area contributed by atoms with Crippen molar-refractivity contribution in [3.8, 4) is 5.75 Å². The Labute approximate surface area is 133 Å². The smallest absolute Gasteiger partial charge is 0.243 e. The van der Waals surface area contributed by atoms with Crippen molar-refractivity contribution >= 4 is 10.0 Å². The standard InChI is InChI=1S/C16H26N2O3S/c1-12-8-15(21-4)9-13(2)16(12)22(19,20)18-7-5-6-14(11-18)10-17-3/h8-9,14,17H,5-7,10-11H2,1-4H3/t14-/m1/s1. The summed E-state index contributed by atoms with van der Waals surface area (Å²) < 4.78 is 32.9. The summed E-state index contributed by atoms with van der Waals surface area (Å²) in [5.74, 6) is 1.08. The van der Waals surface area contributed by atoms with Crippen LogP contribution in [0.4, 0.5) is 0 Å². The molecule has 22 heavy (non-hydrogen) atoms. The lowest BCUT2D eigenvalue weighted by Gasteiger charge is -2.32. The van der Waals surface area contributed by atoms with Gasteiger partial charge in [-0.1, -0.05) is 0 Å². The summed E-state index contributed by atoms with van der Waals surface area (Å²) in [5.41, 5.74) is 1.49. The van der Waals surface area contributed by atoms with Crippen LogP contribution in [0.15, 0.2) is 17.0 Å². The molecule has 0 aliphatic carbocycles. The van der Waals surface area contributed by atoms with Crippen LogP contribution in [0.3, 0.4) is 0 Å². The van der Waals surface area contributed by atoms with Gasteiger partial charge in [0.1, 0.15) is 5.75 Å². The van der Waals surface area contributed by atoms with Crippen LogP contribution < -0.4 is 10.1 Å². The second-order valence-electron chi connectivity index (χ2n) is 6.02. The summed E-state index contributed by atoms with van der Waals surface area (Å²) in [4.78, 5) is 0.429. The number of sulfonamides is 1. The van der Waals surface area contributed by atoms with Gasteiger partial charge in [0.15, 0.2) is 0 Å². The quantitative estimate of drug-likeness (QED) is 0.898. The van der Waals surface area contributed by atoms with E-state index >= 15 is 0 Å². The molecular formula is C16H26N2O3S. The van der Waals surface area contributed by atoms with Gasteiger partial charge < -0.3 is 10.1 Å². The largest absolute Gasteiger partial charge is 0.497 e. The fraction of sp³-hybridized carbons (Fsp3) is 0.625. The van der Waals surface area contributed by atoms with Gasteiger partial charge in [0.05, 0.1) is 12.0 Å². The zero-order chi connectivity index (χ0) is 16.3. The highest BCUT2D eigenvalue weighted by molar-refractivity contribution is 7.89. The Morgan fingerprint density at radius 2 is 1.95 bits per heavy atom. The van der Waals surface area contributed by atoms with Crippen molar-refractivity contribution in [2.45, 2.75) is 31.6 Å². The summed E-state index contributed by atoms with van der Waals surface area (Å²) in [6.07, 6.45) is 1.99. The van der Waals surface area contributed by atoms with Crippen LogP contribution in [0.5, 0.6) is 5.75 Å². The van der Waals surface area contributed by atoms with Crippen molar-refractivity contribution in [3.63, 3.8) is 0 Å². The van der Waals surface area contributed by atoms with Crippen LogP contribution in [-0.2, 0) is 10.0 Å². The highest BCUT2D eigenvalue weighted by Crippen LogP contribution is 2.30. The Morgan fingerprint density at radius 3 is 2.50 bits per heavy atom. The molecule has 1 heterocycles. The van der Waals surface area contributed by atoms with Crippen LogP contribution in [0.1, 0.15) is 24.0 Å². The molecule has 0 saturated carbocycles. The van der Waals surface area contributed by atoms with Gasteiger partial charge in [-0.3, -0.25) is 0 Å². The van der Waals surface area contributed by atoms with E-state index in [2.05, 4.69) is 5.32 Å². The molecule has 1 N–H and O–H groups in total. The Bertz CT molecular complexity index is 603. The molecule has 1 aliphatic heterocycles. The summed E-state index contributed by atoms with van der Waals surface area (Å²) in [7, 11) is 0.0510. The number of benzene rings is 1. The van der Waals surface area contributed by atoms with E-state index in [4.69, 9.17) is 4.74 Å². The minimum absolute atomic E-state index is 0.382. The average Bonchev–Trinajstić information content (AvgIpc) is 2.46. The van der Waals surface area contributed by atoms with Gasteiger partial charge in [0, 0.05) is 13.1 Å². The first-order chi connectivity index (χ1) is 10.4. The number of nitrogens with zero attached hydrogens (tertiary/aromatic N) is 1. The van der Waals surface area contributed by atoms with Crippen molar-refractivity contribution in [2.75, 3.05) is 33.8 Å². The van der Waals surface area contributed by atoms with Gasteiger partial charge in [-0.25, -0.2) is 8.42 Å². The first kappa shape index (κ1) is 17.2. The van der Waals surface area contributed by atoms with E-state index in [0.29, 0.717) is 29.7 Å². The van der Waals surface area contributed by atoms with E-state index in [1.807, 2.05) is 20.9 Å². The number of nitrogens with one attached hydrogen (secondary N) is 1. The monoisotopic (exact) mass is 326 g/mol. The number of aryl methyl sites for hydroxylation is 2. The van der Waals surface area contributed by atoms with Gasteiger partial charge in [-0.2, -0.15) is 4.31 Å². The topological polar surface area (TPSA) is 58.6 Å². The molecule has 0 bridgehead atoms. The van der Waals surface area contributed by atoms with Crippen molar-refractivity contribution in [1.29, 1.82) is 0 Å². The normalized spacial score (nSPS) is 20.1. The lowest BCUT2D eigenvalue weighted by Crippen LogP contribution is -2.42. The lowest BCUT2D eigenvalue weighted by atomic mass is 10.00. The molecule has 124 valence electrons. The predicted octanol–water partition coefficient (Wildman–Crippen LogP) is 1.93. The van der Waals surface area contributed by atoms with Gasteiger partial charge in [-0.15, -0.1) is 0 Å². The first-order valence-electron chi connectivity index (χ1n) is 7.70. The molecular weight excluding hydrogens is 300 g/mol. The SMILES string of the molecule is CNC[C@H]1CCCN(S(=O)(=O)c2c(C)cc(OC)cc2C)C1. The molecule has 6 heteroatoms. The van der Waals surface area contributed by atoms with Crippen molar-refractivity contribution in [3.05, 3.63) is 23.3 Å². The third kappa shape index (κ3) is 3.45. The summed E-state index contributed by atoms with van der Waals surface area (Å²) in [6.45, 7) is 5.71. The molecule has 1 aromatic rings. The molecule has 0 amide bonds. The number of piperidine rings is 1. The molecule has 5 nitrogen and oxygen atoms in total. The molecule has 2 rings (SSSR count). The van der Waals surface area contributed by atoms with E-state index in [9.17, 15) is 8.42 Å². The summed E-state index contributed by atoms with van der Waals surface area (Å²) >= 11 is 0. The lowest BCUT2D eigenvalue weighted by molar-refractivity contribution is 0.263. The molecule has 0 aromatic heterocycles. The van der Waals surface area contributed by atoms with Crippen LogP contribution in [-0.4, -0.2) is 46.5 Å². The fourth-order valence-electron chi connectivity index (χ4n) is 3.26. The highest BCUT2D eigenvalue weighted by Gasteiger charge is 2.32. The molecule has 1 aromatic carbocycles. The second-order valence-corrected chi connectivity index (χ2v) is 7.89. The third-order valence-electron chi connectivity index (χ3n) is 4.24. The molecule has 1 fully saturated rings. The number of rotatable bonds is 5. The van der Waals surface area contributed by atoms with Crippen LogP contribution in [0, 0.1) is 19.8 Å². The van der Waals surface area contributed by atoms with Crippen LogP contribution in [0.2, 0.25) is 0 Å². The molecule has 1 saturated heterocycles. The van der Waals surface area contributed by atoms with Crippen LogP contribution in [0.25, 0.3) is 0 Å². The van der Waals surface area contributed by atoms with E-state index in [1.54, 1.807) is 23.5 Å². The van der Waals surface area contributed by atoms with E-state index in [1.165, 1.54) is 0 Å². The second kappa shape index (κ2) is 6.98. The molecule has 1 aliphatic rings. The van der Waals surface area contributed by atoms with Crippen molar-refractivity contribution in [2.24, 2.45) is 5.92 Å². The molecule has 0 radical (unpaired) electrons. The Balaban J connectivity index is 2.34. The van der Waals surface area contributed by atoms with Gasteiger partial charge in [0.2, 0.25) is 10.0 Å². The van der Waals surface area contributed by atoms with Gasteiger partial charge in [0.25, 0.3) is 0 Å². The van der Waals surface area contributed by atoms with Crippen LogP contribution >= 0.6 is 0 Å².